The molecule has 0 spiro atoms. The summed E-state index contributed by atoms with van der Waals surface area (Å²) in [4.78, 5) is 27.6. The van der Waals surface area contributed by atoms with Crippen LogP contribution in [0.3, 0.4) is 0 Å². The highest BCUT2D eigenvalue weighted by molar-refractivity contribution is 6.46. The van der Waals surface area contributed by atoms with Gasteiger partial charge in [0.15, 0.2) is 0 Å². The summed E-state index contributed by atoms with van der Waals surface area (Å²) in [5.74, 6) is -1.01. The molecule has 1 heterocycles. The molecule has 0 unspecified atom stereocenters. The van der Waals surface area contributed by atoms with Crippen molar-refractivity contribution in [2.24, 2.45) is 0 Å². The third-order valence-corrected chi connectivity index (χ3v) is 5.03. The molecule has 7 heteroatoms. The summed E-state index contributed by atoms with van der Waals surface area (Å²) in [6, 6.07) is 19.7. The summed E-state index contributed by atoms with van der Waals surface area (Å²) in [6.45, 7) is 2.43. The molecule has 5 nitrogen and oxygen atoms in total. The first kappa shape index (κ1) is 20.6. The number of ether oxygens (including phenoxy) is 1. The number of hydrogen-bond donors (Lipinski definition) is 1. The molecule has 0 radical (unpaired) electrons. The first-order valence-electron chi connectivity index (χ1n) is 9.63. The maximum atomic E-state index is 13.6. The Morgan fingerprint density at radius 2 is 1.68 bits per heavy atom. The molecule has 31 heavy (non-hydrogen) atoms. The maximum absolute atomic E-state index is 13.6. The van der Waals surface area contributed by atoms with Crippen LogP contribution in [0.15, 0.2) is 78.5 Å². The Labute approximate surface area is 183 Å². The van der Waals surface area contributed by atoms with Gasteiger partial charge in [0.05, 0.1) is 22.9 Å². The van der Waals surface area contributed by atoms with Crippen LogP contribution < -0.4 is 15.0 Å². The third kappa shape index (κ3) is 4.02. The lowest BCUT2D eigenvalue weighted by Crippen LogP contribution is -2.32. The van der Waals surface area contributed by atoms with E-state index in [1.807, 2.05) is 13.0 Å². The van der Waals surface area contributed by atoms with Gasteiger partial charge in [0, 0.05) is 5.69 Å². The van der Waals surface area contributed by atoms with Gasteiger partial charge in [-0.15, -0.1) is 0 Å². The molecule has 2 amide bonds. The lowest BCUT2D eigenvalue weighted by molar-refractivity contribution is -0.120. The normalized spacial score (nSPS) is 13.7. The smallest absolute Gasteiger partial charge is 0.282 e. The Bertz CT molecular complexity index is 1180. The van der Waals surface area contributed by atoms with Gasteiger partial charge in [-0.25, -0.2) is 9.29 Å². The molecule has 0 saturated carbocycles. The number of anilines is 2. The largest absolute Gasteiger partial charge is 0.494 e. The minimum Gasteiger partial charge on any atom is -0.494 e. The van der Waals surface area contributed by atoms with Crippen LogP contribution in [0.5, 0.6) is 5.75 Å². The second-order valence-electron chi connectivity index (χ2n) is 6.74. The van der Waals surface area contributed by atoms with Gasteiger partial charge in [-0.1, -0.05) is 41.9 Å². The van der Waals surface area contributed by atoms with Crippen LogP contribution in [0.4, 0.5) is 15.8 Å². The monoisotopic (exact) mass is 436 g/mol. The summed E-state index contributed by atoms with van der Waals surface area (Å²) in [5.41, 5.74) is 1.75. The van der Waals surface area contributed by atoms with Crippen molar-refractivity contribution in [1.29, 1.82) is 0 Å². The topological polar surface area (TPSA) is 58.6 Å². The van der Waals surface area contributed by atoms with Crippen molar-refractivity contribution in [1.82, 2.24) is 0 Å². The van der Waals surface area contributed by atoms with Gasteiger partial charge in [-0.3, -0.25) is 9.59 Å². The van der Waals surface area contributed by atoms with E-state index < -0.39 is 17.6 Å². The SMILES string of the molecule is CCOc1ccc(NC2=C(c3ccccc3)C(=O)N(c3ccc(F)c(Cl)c3)C2=O)cc1. The van der Waals surface area contributed by atoms with E-state index in [1.165, 1.54) is 12.1 Å². The number of halogens is 2. The highest BCUT2D eigenvalue weighted by Gasteiger charge is 2.40. The number of rotatable bonds is 6. The molecular formula is C24H18ClFN2O3. The second kappa shape index (κ2) is 8.62. The fraction of sp³-hybridized carbons (Fsp3) is 0.0833. The number of nitrogens with zero attached hydrogens (tertiary/aromatic N) is 1. The fourth-order valence-electron chi connectivity index (χ4n) is 3.32. The third-order valence-electron chi connectivity index (χ3n) is 4.74. The number of benzene rings is 3. The number of carbonyl (C=O) groups excluding carboxylic acids is 2. The van der Waals surface area contributed by atoms with Crippen LogP contribution in [-0.2, 0) is 9.59 Å². The molecular weight excluding hydrogens is 419 g/mol. The summed E-state index contributed by atoms with van der Waals surface area (Å²) in [5, 5.41) is 2.90. The molecule has 3 aromatic rings. The van der Waals surface area contributed by atoms with Gasteiger partial charge in [0.2, 0.25) is 0 Å². The molecule has 0 atom stereocenters. The van der Waals surface area contributed by atoms with Crippen LogP contribution in [0, 0.1) is 5.82 Å². The van der Waals surface area contributed by atoms with Crippen LogP contribution in [0.25, 0.3) is 5.57 Å². The summed E-state index contributed by atoms with van der Waals surface area (Å²) in [6.07, 6.45) is 0. The van der Waals surface area contributed by atoms with E-state index in [9.17, 15) is 14.0 Å². The van der Waals surface area contributed by atoms with E-state index in [0.29, 0.717) is 23.6 Å². The quantitative estimate of drug-likeness (QED) is 0.534. The number of nitrogens with one attached hydrogen (secondary N) is 1. The molecule has 0 fully saturated rings. The van der Waals surface area contributed by atoms with Crippen molar-refractivity contribution in [2.45, 2.75) is 6.92 Å². The van der Waals surface area contributed by atoms with Crippen molar-refractivity contribution in [3.63, 3.8) is 0 Å². The van der Waals surface area contributed by atoms with E-state index >= 15 is 0 Å². The highest BCUT2D eigenvalue weighted by atomic mass is 35.5. The molecule has 3 aromatic carbocycles. The molecule has 0 bridgehead atoms. The van der Waals surface area contributed by atoms with Crippen LogP contribution in [-0.4, -0.2) is 18.4 Å². The predicted molar refractivity (Wildman–Crippen MR) is 118 cm³/mol. The number of amides is 2. The number of imide groups is 1. The summed E-state index contributed by atoms with van der Waals surface area (Å²) < 4.78 is 19.1. The Hall–Kier alpha value is -3.64. The second-order valence-corrected chi connectivity index (χ2v) is 7.15. The van der Waals surface area contributed by atoms with E-state index in [4.69, 9.17) is 16.3 Å². The summed E-state index contributed by atoms with van der Waals surface area (Å²) >= 11 is 5.88. The fourth-order valence-corrected chi connectivity index (χ4v) is 3.50. The Morgan fingerprint density at radius 3 is 2.32 bits per heavy atom. The Balaban J connectivity index is 1.75. The highest BCUT2D eigenvalue weighted by Crippen LogP contribution is 2.35. The van der Waals surface area contributed by atoms with Crippen molar-refractivity contribution >= 4 is 40.4 Å². The van der Waals surface area contributed by atoms with Gasteiger partial charge in [-0.2, -0.15) is 0 Å². The lowest BCUT2D eigenvalue weighted by Gasteiger charge is -2.16. The number of hydrogen-bond acceptors (Lipinski definition) is 4. The summed E-state index contributed by atoms with van der Waals surface area (Å²) in [7, 11) is 0. The molecule has 1 N–H and O–H groups in total. The average Bonchev–Trinajstić information content (AvgIpc) is 3.02. The van der Waals surface area contributed by atoms with Crippen molar-refractivity contribution < 1.29 is 18.7 Å². The molecule has 0 saturated heterocycles. The van der Waals surface area contributed by atoms with E-state index in [1.54, 1.807) is 48.5 Å². The van der Waals surface area contributed by atoms with E-state index in [0.717, 1.165) is 11.0 Å². The van der Waals surface area contributed by atoms with Crippen molar-refractivity contribution in [3.8, 4) is 5.75 Å². The number of carbonyl (C=O) groups is 2. The first-order chi connectivity index (χ1) is 15.0. The average molecular weight is 437 g/mol. The molecule has 156 valence electrons. The standard InChI is InChI=1S/C24H18ClFN2O3/c1-2-31-18-11-8-16(9-12-18)27-22-21(15-6-4-3-5-7-15)23(29)28(24(22)30)17-10-13-20(26)19(25)14-17/h3-14,27H,2H2,1H3. The van der Waals surface area contributed by atoms with Gasteiger partial charge in [-0.05, 0) is 55.0 Å². The first-order valence-corrected chi connectivity index (χ1v) is 10.0. The van der Waals surface area contributed by atoms with Crippen molar-refractivity contribution in [2.75, 3.05) is 16.8 Å². The Morgan fingerprint density at radius 1 is 0.968 bits per heavy atom. The van der Waals surface area contributed by atoms with Crippen molar-refractivity contribution in [3.05, 3.63) is 94.9 Å². The van der Waals surface area contributed by atoms with Crippen LogP contribution in [0.2, 0.25) is 5.02 Å². The van der Waals surface area contributed by atoms with Gasteiger partial charge < -0.3 is 10.1 Å². The van der Waals surface area contributed by atoms with Gasteiger partial charge in [0.25, 0.3) is 11.8 Å². The van der Waals surface area contributed by atoms with Crippen LogP contribution in [0.1, 0.15) is 12.5 Å². The van der Waals surface area contributed by atoms with Gasteiger partial charge >= 0.3 is 0 Å². The zero-order valence-electron chi connectivity index (χ0n) is 16.6. The molecule has 0 aliphatic carbocycles. The van der Waals surface area contributed by atoms with Gasteiger partial charge in [0.1, 0.15) is 17.3 Å². The molecule has 4 rings (SSSR count). The van der Waals surface area contributed by atoms with E-state index in [2.05, 4.69) is 5.32 Å². The molecule has 1 aliphatic rings. The minimum absolute atomic E-state index is 0.126. The predicted octanol–water partition coefficient (Wildman–Crippen LogP) is 5.27. The van der Waals surface area contributed by atoms with Crippen LogP contribution >= 0.6 is 11.6 Å². The minimum atomic E-state index is -0.631. The molecule has 0 aromatic heterocycles. The zero-order valence-corrected chi connectivity index (χ0v) is 17.3. The maximum Gasteiger partial charge on any atom is 0.282 e. The zero-order chi connectivity index (χ0) is 22.0. The van der Waals surface area contributed by atoms with E-state index in [-0.39, 0.29) is 22.0 Å². The Kier molecular flexibility index (Phi) is 5.73. The lowest BCUT2D eigenvalue weighted by atomic mass is 10.0. The molecule has 1 aliphatic heterocycles.